The molecule has 2 aromatic rings. The molecule has 0 aromatic carbocycles. The minimum Gasteiger partial charge on any atom is -0.396 e. The number of aliphatic hydroxyl groups is 1. The summed E-state index contributed by atoms with van der Waals surface area (Å²) in [7, 11) is 1.87. The molecule has 6 nitrogen and oxygen atoms in total. The molecule has 1 amide bonds. The maximum Gasteiger partial charge on any atom is 0.272 e. The van der Waals surface area contributed by atoms with E-state index in [-0.39, 0.29) is 24.3 Å². The Morgan fingerprint density at radius 3 is 2.91 bits per heavy atom. The second-order valence-electron chi connectivity index (χ2n) is 6.11. The van der Waals surface area contributed by atoms with Crippen LogP contribution in [0, 0.1) is 5.92 Å². The van der Waals surface area contributed by atoms with Gasteiger partial charge in [-0.3, -0.25) is 14.5 Å². The van der Waals surface area contributed by atoms with Gasteiger partial charge in [0, 0.05) is 51.0 Å². The van der Waals surface area contributed by atoms with Gasteiger partial charge in [0.1, 0.15) is 5.69 Å². The molecule has 2 atom stereocenters. The molecule has 6 heteroatoms. The smallest absolute Gasteiger partial charge is 0.272 e. The molecule has 1 fully saturated rings. The van der Waals surface area contributed by atoms with Gasteiger partial charge in [-0.15, -0.1) is 0 Å². The van der Waals surface area contributed by atoms with E-state index < -0.39 is 0 Å². The van der Waals surface area contributed by atoms with E-state index in [2.05, 4.69) is 17.0 Å². The number of rotatable bonds is 4. The lowest BCUT2D eigenvalue weighted by atomic mass is 9.92. The topological polar surface area (TPSA) is 71.2 Å². The number of hydrogen-bond acceptors (Lipinski definition) is 4. The van der Waals surface area contributed by atoms with Crippen molar-refractivity contribution in [3.8, 4) is 0 Å². The molecule has 0 bridgehead atoms. The molecule has 0 radical (unpaired) electrons. The van der Waals surface area contributed by atoms with Crippen molar-refractivity contribution in [3.63, 3.8) is 0 Å². The lowest BCUT2D eigenvalue weighted by molar-refractivity contribution is 0.0775. The Morgan fingerprint density at radius 2 is 2.26 bits per heavy atom. The molecule has 0 unspecified atom stereocenters. The van der Waals surface area contributed by atoms with Crippen LogP contribution in [0.25, 0.3) is 0 Å². The van der Waals surface area contributed by atoms with Gasteiger partial charge in [0.15, 0.2) is 0 Å². The number of amides is 1. The second-order valence-corrected chi connectivity index (χ2v) is 6.11. The van der Waals surface area contributed by atoms with Crippen molar-refractivity contribution in [2.24, 2.45) is 13.0 Å². The van der Waals surface area contributed by atoms with E-state index in [4.69, 9.17) is 0 Å². The quantitative estimate of drug-likeness (QED) is 0.921. The van der Waals surface area contributed by atoms with Gasteiger partial charge in [0.2, 0.25) is 0 Å². The average Bonchev–Trinajstić information content (AvgIpc) is 3.20. The van der Waals surface area contributed by atoms with Gasteiger partial charge in [0.25, 0.3) is 5.91 Å². The third-order valence-corrected chi connectivity index (χ3v) is 4.57. The first-order valence-corrected chi connectivity index (χ1v) is 7.96. The molecule has 0 spiro atoms. The third-order valence-electron chi connectivity index (χ3n) is 4.57. The summed E-state index contributed by atoms with van der Waals surface area (Å²) >= 11 is 0. The molecule has 2 aromatic heterocycles. The molecule has 122 valence electrons. The van der Waals surface area contributed by atoms with Gasteiger partial charge >= 0.3 is 0 Å². The zero-order chi connectivity index (χ0) is 16.4. The van der Waals surface area contributed by atoms with E-state index in [0.717, 1.165) is 17.5 Å². The van der Waals surface area contributed by atoms with Crippen molar-refractivity contribution < 1.29 is 9.90 Å². The van der Waals surface area contributed by atoms with Gasteiger partial charge in [-0.2, -0.15) is 5.10 Å². The van der Waals surface area contributed by atoms with Crippen LogP contribution in [0.2, 0.25) is 0 Å². The summed E-state index contributed by atoms with van der Waals surface area (Å²) in [5.74, 6) is 0.0923. The zero-order valence-corrected chi connectivity index (χ0v) is 13.5. The van der Waals surface area contributed by atoms with Crippen LogP contribution >= 0.6 is 0 Å². The number of hydrogen-bond donors (Lipinski definition) is 1. The molecule has 23 heavy (non-hydrogen) atoms. The van der Waals surface area contributed by atoms with Gasteiger partial charge in [-0.1, -0.05) is 6.92 Å². The van der Waals surface area contributed by atoms with Gasteiger partial charge in [-0.25, -0.2) is 0 Å². The molecular formula is C17H22N4O2. The molecule has 3 rings (SSSR count). The van der Waals surface area contributed by atoms with Gasteiger partial charge in [0.05, 0.1) is 6.20 Å². The van der Waals surface area contributed by atoms with Gasteiger partial charge < -0.3 is 10.0 Å². The minimum atomic E-state index is -0.0647. The fourth-order valence-corrected chi connectivity index (χ4v) is 3.20. The molecule has 1 N–H and O–H groups in total. The molecular weight excluding hydrogens is 292 g/mol. The lowest BCUT2D eigenvalue weighted by Crippen LogP contribution is -2.30. The number of aryl methyl sites for hydroxylation is 2. The van der Waals surface area contributed by atoms with Crippen LogP contribution in [-0.4, -0.2) is 50.4 Å². The second kappa shape index (κ2) is 6.50. The highest BCUT2D eigenvalue weighted by Gasteiger charge is 2.37. The SMILES string of the molecule is CCc1ccnc(C(=O)N2C[C@@H](CO)[C@H](c3cnn(C)c3)C2)c1. The van der Waals surface area contributed by atoms with E-state index in [0.29, 0.717) is 18.8 Å². The highest BCUT2D eigenvalue weighted by Crippen LogP contribution is 2.32. The maximum atomic E-state index is 12.7. The van der Waals surface area contributed by atoms with Crippen molar-refractivity contribution in [1.29, 1.82) is 0 Å². The monoisotopic (exact) mass is 314 g/mol. The summed E-state index contributed by atoms with van der Waals surface area (Å²) in [6.45, 7) is 3.26. The Hall–Kier alpha value is -2.21. The fraction of sp³-hybridized carbons (Fsp3) is 0.471. The minimum absolute atomic E-state index is 0.0394. The summed E-state index contributed by atoms with van der Waals surface area (Å²) in [5.41, 5.74) is 2.65. The Kier molecular flexibility index (Phi) is 4.43. The fourth-order valence-electron chi connectivity index (χ4n) is 3.20. The Bertz CT molecular complexity index is 697. The van der Waals surface area contributed by atoms with Crippen molar-refractivity contribution in [3.05, 3.63) is 47.5 Å². The van der Waals surface area contributed by atoms with Crippen molar-refractivity contribution in [2.45, 2.75) is 19.3 Å². The van der Waals surface area contributed by atoms with Crippen LogP contribution in [0.3, 0.4) is 0 Å². The van der Waals surface area contributed by atoms with E-state index in [1.54, 1.807) is 15.8 Å². The standard InChI is InChI=1S/C17H22N4O2/c1-3-12-4-5-18-16(6-12)17(23)21-9-14(11-22)15(10-21)13-7-19-20(2)8-13/h4-8,14-15,22H,3,9-11H2,1-2H3/t14-,15-/m0/s1. The molecule has 1 saturated heterocycles. The predicted molar refractivity (Wildman–Crippen MR) is 86.0 cm³/mol. The number of aliphatic hydroxyl groups excluding tert-OH is 1. The van der Waals surface area contributed by atoms with Gasteiger partial charge in [-0.05, 0) is 29.7 Å². The summed E-state index contributed by atoms with van der Waals surface area (Å²) in [6.07, 6.45) is 6.33. The molecule has 1 aliphatic heterocycles. The first kappa shape index (κ1) is 15.7. The van der Waals surface area contributed by atoms with Crippen LogP contribution in [0.1, 0.15) is 34.5 Å². The molecule has 3 heterocycles. The number of pyridine rings is 1. The molecule has 0 saturated carbocycles. The maximum absolute atomic E-state index is 12.7. The van der Waals surface area contributed by atoms with E-state index in [1.807, 2.05) is 31.6 Å². The van der Waals surface area contributed by atoms with E-state index in [9.17, 15) is 9.90 Å². The number of carbonyl (C=O) groups is 1. The van der Waals surface area contributed by atoms with E-state index >= 15 is 0 Å². The summed E-state index contributed by atoms with van der Waals surface area (Å²) in [4.78, 5) is 18.7. The average molecular weight is 314 g/mol. The first-order valence-electron chi connectivity index (χ1n) is 7.96. The number of nitrogens with zero attached hydrogens (tertiary/aromatic N) is 4. The molecule has 1 aliphatic rings. The summed E-state index contributed by atoms with van der Waals surface area (Å²) < 4.78 is 1.75. The first-order chi connectivity index (χ1) is 11.1. The third kappa shape index (κ3) is 3.12. The summed E-state index contributed by atoms with van der Waals surface area (Å²) in [5, 5.41) is 13.9. The highest BCUT2D eigenvalue weighted by atomic mass is 16.3. The summed E-state index contributed by atoms with van der Waals surface area (Å²) in [6, 6.07) is 3.78. The normalized spacial score (nSPS) is 20.9. The van der Waals surface area contributed by atoms with Crippen molar-refractivity contribution >= 4 is 5.91 Å². The van der Waals surface area contributed by atoms with Crippen LogP contribution in [0.4, 0.5) is 0 Å². The van der Waals surface area contributed by atoms with Crippen LogP contribution in [0.15, 0.2) is 30.7 Å². The Balaban J connectivity index is 1.79. The highest BCUT2D eigenvalue weighted by molar-refractivity contribution is 5.92. The predicted octanol–water partition coefficient (Wildman–Crippen LogP) is 1.23. The zero-order valence-electron chi connectivity index (χ0n) is 13.5. The number of aromatic nitrogens is 3. The van der Waals surface area contributed by atoms with Crippen molar-refractivity contribution in [1.82, 2.24) is 19.7 Å². The van der Waals surface area contributed by atoms with Crippen LogP contribution < -0.4 is 0 Å². The lowest BCUT2D eigenvalue weighted by Gasteiger charge is -2.16. The van der Waals surface area contributed by atoms with Crippen molar-refractivity contribution in [2.75, 3.05) is 19.7 Å². The Morgan fingerprint density at radius 1 is 1.43 bits per heavy atom. The van der Waals surface area contributed by atoms with E-state index in [1.165, 1.54) is 0 Å². The largest absolute Gasteiger partial charge is 0.396 e. The number of likely N-dealkylation sites (tertiary alicyclic amines) is 1. The van der Waals surface area contributed by atoms with Crippen LogP contribution in [-0.2, 0) is 13.5 Å². The Labute approximate surface area is 135 Å². The molecule has 0 aliphatic carbocycles. The number of carbonyl (C=O) groups excluding carboxylic acids is 1. The van der Waals surface area contributed by atoms with Crippen LogP contribution in [0.5, 0.6) is 0 Å².